The fourth-order valence-corrected chi connectivity index (χ4v) is 3.30. The third-order valence-electron chi connectivity index (χ3n) is 4.96. The van der Waals surface area contributed by atoms with Crippen molar-refractivity contribution in [3.8, 4) is 34.5 Å². The number of hydrogen-bond acceptors (Lipinski definition) is 6. The number of hydrogen-bond donors (Lipinski definition) is 1. The van der Waals surface area contributed by atoms with Crippen LogP contribution in [0, 0.1) is 0 Å². The molecule has 0 unspecified atom stereocenters. The highest BCUT2D eigenvalue weighted by Gasteiger charge is 2.25. The Labute approximate surface area is 161 Å². The van der Waals surface area contributed by atoms with Crippen molar-refractivity contribution >= 4 is 10.9 Å². The van der Waals surface area contributed by atoms with Gasteiger partial charge < -0.3 is 14.6 Å². The summed E-state index contributed by atoms with van der Waals surface area (Å²) in [7, 11) is 3.12. The van der Waals surface area contributed by atoms with Gasteiger partial charge in [-0.25, -0.2) is 9.97 Å². The maximum absolute atomic E-state index is 10.7. The van der Waals surface area contributed by atoms with Crippen LogP contribution in [0.5, 0.6) is 17.5 Å². The first kappa shape index (κ1) is 16.6. The second-order valence-corrected chi connectivity index (χ2v) is 6.80. The van der Waals surface area contributed by atoms with Crippen molar-refractivity contribution in [3.05, 3.63) is 43.0 Å². The summed E-state index contributed by atoms with van der Waals surface area (Å²) in [5, 5.41) is 15.7. The Bertz CT molecular complexity index is 1180. The number of aromatic nitrogens is 5. The summed E-state index contributed by atoms with van der Waals surface area (Å²) in [5.74, 6) is 1.11. The number of pyridine rings is 2. The zero-order valence-electron chi connectivity index (χ0n) is 15.5. The minimum atomic E-state index is 0.148. The Morgan fingerprint density at radius 1 is 1.11 bits per heavy atom. The molecule has 8 nitrogen and oxygen atoms in total. The predicted octanol–water partition coefficient (Wildman–Crippen LogP) is 3.34. The predicted molar refractivity (Wildman–Crippen MR) is 103 cm³/mol. The molecule has 5 rings (SSSR count). The summed E-state index contributed by atoms with van der Waals surface area (Å²) in [6.45, 7) is 0. The van der Waals surface area contributed by atoms with E-state index in [1.165, 1.54) is 0 Å². The Morgan fingerprint density at radius 2 is 1.96 bits per heavy atom. The molecule has 1 saturated carbocycles. The molecular formula is C20H19N5O3. The van der Waals surface area contributed by atoms with Crippen molar-refractivity contribution in [2.24, 2.45) is 0 Å². The molecule has 8 heteroatoms. The Kier molecular flexibility index (Phi) is 3.71. The van der Waals surface area contributed by atoms with E-state index in [1.807, 2.05) is 35.3 Å². The molecule has 1 aliphatic carbocycles. The van der Waals surface area contributed by atoms with E-state index in [0.29, 0.717) is 28.6 Å². The number of rotatable bonds is 5. The first-order chi connectivity index (χ1) is 13.7. The minimum Gasteiger partial charge on any atom is -0.494 e. The molecule has 0 aromatic carbocycles. The Balaban J connectivity index is 1.56. The molecular weight excluding hydrogens is 358 g/mol. The monoisotopic (exact) mass is 377 g/mol. The van der Waals surface area contributed by atoms with Gasteiger partial charge >= 0.3 is 0 Å². The molecule has 142 valence electrons. The maximum atomic E-state index is 10.7. The quantitative estimate of drug-likeness (QED) is 0.574. The van der Waals surface area contributed by atoms with Crippen molar-refractivity contribution in [2.45, 2.75) is 18.9 Å². The fraction of sp³-hybridized carbons (Fsp3) is 0.250. The molecule has 0 spiro atoms. The molecule has 0 amide bonds. The van der Waals surface area contributed by atoms with Crippen molar-refractivity contribution in [3.63, 3.8) is 0 Å². The van der Waals surface area contributed by atoms with Gasteiger partial charge in [-0.2, -0.15) is 5.10 Å². The second kappa shape index (κ2) is 6.26. The van der Waals surface area contributed by atoms with Crippen LogP contribution in [-0.2, 0) is 0 Å². The van der Waals surface area contributed by atoms with Gasteiger partial charge in [0.25, 0.3) is 5.88 Å². The minimum absolute atomic E-state index is 0.148. The summed E-state index contributed by atoms with van der Waals surface area (Å²) in [5.41, 5.74) is 3.03. The van der Waals surface area contributed by atoms with E-state index in [2.05, 4.69) is 10.1 Å². The normalized spacial score (nSPS) is 13.8. The lowest BCUT2D eigenvalue weighted by Crippen LogP contribution is -1.94. The van der Waals surface area contributed by atoms with E-state index in [1.54, 1.807) is 31.2 Å². The molecule has 0 aliphatic heterocycles. The van der Waals surface area contributed by atoms with E-state index in [4.69, 9.17) is 14.5 Å². The van der Waals surface area contributed by atoms with E-state index in [-0.39, 0.29) is 5.88 Å². The van der Waals surface area contributed by atoms with Crippen LogP contribution in [0.2, 0.25) is 0 Å². The van der Waals surface area contributed by atoms with Gasteiger partial charge in [0.15, 0.2) is 5.75 Å². The van der Waals surface area contributed by atoms with Gasteiger partial charge in [0.05, 0.1) is 48.7 Å². The summed E-state index contributed by atoms with van der Waals surface area (Å²) in [6, 6.07) is 6.02. The molecule has 0 atom stereocenters. The van der Waals surface area contributed by atoms with Crippen LogP contribution in [0.1, 0.15) is 18.9 Å². The highest BCUT2D eigenvalue weighted by molar-refractivity contribution is 5.87. The van der Waals surface area contributed by atoms with Crippen LogP contribution in [0.25, 0.3) is 27.8 Å². The smallest absolute Gasteiger partial charge is 0.256 e. The van der Waals surface area contributed by atoms with Gasteiger partial charge in [-0.1, -0.05) is 0 Å². The lowest BCUT2D eigenvalue weighted by Gasteiger charge is -2.08. The number of methoxy groups -OCH3 is 2. The zero-order chi connectivity index (χ0) is 19.3. The first-order valence-corrected chi connectivity index (χ1v) is 9.02. The number of aromatic hydroxyl groups is 1. The van der Waals surface area contributed by atoms with E-state index >= 15 is 0 Å². The number of fused-ring (bicyclic) bond motifs is 1. The summed E-state index contributed by atoms with van der Waals surface area (Å²) in [4.78, 5) is 8.96. The van der Waals surface area contributed by atoms with Crippen molar-refractivity contribution in [1.29, 1.82) is 0 Å². The van der Waals surface area contributed by atoms with Crippen molar-refractivity contribution < 1.29 is 14.6 Å². The first-order valence-electron chi connectivity index (χ1n) is 9.02. The number of nitrogens with zero attached hydrogens (tertiary/aromatic N) is 5. The standard InChI is InChI=1S/C20H19N5O3/c1-27-18-7-12(8-21-19(18)28-2)16-6-5-15-17(23-16)11-24(20(15)26)14-9-22-25(10-14)13-3-4-13/h5-11,13,26H,3-4H2,1-2H3. The van der Waals surface area contributed by atoms with E-state index in [9.17, 15) is 5.11 Å². The molecule has 1 aliphatic rings. The third-order valence-corrected chi connectivity index (χ3v) is 4.96. The molecule has 1 fully saturated rings. The molecule has 0 radical (unpaired) electrons. The molecule has 28 heavy (non-hydrogen) atoms. The van der Waals surface area contributed by atoms with Gasteiger partial charge in [0.1, 0.15) is 0 Å². The lowest BCUT2D eigenvalue weighted by molar-refractivity contribution is 0.343. The van der Waals surface area contributed by atoms with Gasteiger partial charge in [-0.15, -0.1) is 0 Å². The second-order valence-electron chi connectivity index (χ2n) is 6.80. The van der Waals surface area contributed by atoms with Crippen molar-refractivity contribution in [1.82, 2.24) is 24.3 Å². The zero-order valence-corrected chi connectivity index (χ0v) is 15.5. The molecule has 1 N–H and O–H groups in total. The highest BCUT2D eigenvalue weighted by atomic mass is 16.5. The van der Waals surface area contributed by atoms with Crippen LogP contribution in [0.4, 0.5) is 0 Å². The Hall–Kier alpha value is -3.55. The van der Waals surface area contributed by atoms with E-state index in [0.717, 1.165) is 29.8 Å². The summed E-state index contributed by atoms with van der Waals surface area (Å²) >= 11 is 0. The van der Waals surface area contributed by atoms with Gasteiger partial charge in [-0.05, 0) is 31.0 Å². The summed E-state index contributed by atoms with van der Waals surface area (Å²) < 4.78 is 14.2. The third kappa shape index (κ3) is 2.65. The molecule has 0 saturated heterocycles. The van der Waals surface area contributed by atoms with Crippen molar-refractivity contribution in [2.75, 3.05) is 14.2 Å². The molecule has 4 aromatic rings. The van der Waals surface area contributed by atoms with Gasteiger partial charge in [0.2, 0.25) is 5.88 Å². The lowest BCUT2D eigenvalue weighted by atomic mass is 10.1. The van der Waals surface area contributed by atoms with Crippen LogP contribution < -0.4 is 9.47 Å². The van der Waals surface area contributed by atoms with Crippen LogP contribution in [-0.4, -0.2) is 43.6 Å². The average molecular weight is 377 g/mol. The molecule has 0 bridgehead atoms. The SMILES string of the molecule is COc1cc(-c2ccc3c(O)n(-c4cnn(C5CC5)c4)cc3n2)cnc1OC. The molecule has 4 heterocycles. The Morgan fingerprint density at radius 3 is 2.71 bits per heavy atom. The van der Waals surface area contributed by atoms with Crippen LogP contribution in [0.3, 0.4) is 0 Å². The van der Waals surface area contributed by atoms with Gasteiger partial charge in [-0.3, -0.25) is 9.25 Å². The topological polar surface area (TPSA) is 87.2 Å². The number of ether oxygens (including phenoxy) is 2. The van der Waals surface area contributed by atoms with Crippen LogP contribution in [0.15, 0.2) is 43.0 Å². The summed E-state index contributed by atoms with van der Waals surface area (Å²) in [6.07, 6.45) is 9.53. The largest absolute Gasteiger partial charge is 0.494 e. The fourth-order valence-electron chi connectivity index (χ4n) is 3.30. The van der Waals surface area contributed by atoms with Crippen LogP contribution >= 0.6 is 0 Å². The van der Waals surface area contributed by atoms with E-state index < -0.39 is 0 Å². The van der Waals surface area contributed by atoms with Gasteiger partial charge in [0, 0.05) is 24.2 Å². The maximum Gasteiger partial charge on any atom is 0.256 e. The average Bonchev–Trinajstić information content (AvgIpc) is 3.38. The molecule has 4 aromatic heterocycles. The highest BCUT2D eigenvalue weighted by Crippen LogP contribution is 2.36.